The van der Waals surface area contributed by atoms with Crippen molar-refractivity contribution in [2.24, 2.45) is 5.92 Å². The Hall–Kier alpha value is -0.640. The van der Waals surface area contributed by atoms with Gasteiger partial charge in [-0.05, 0) is 43.2 Å². The van der Waals surface area contributed by atoms with Gasteiger partial charge in [0.15, 0.2) is 0 Å². The van der Waals surface area contributed by atoms with Crippen LogP contribution in [0.15, 0.2) is 29.7 Å². The molecule has 2 atom stereocenters. The van der Waals surface area contributed by atoms with Crippen molar-refractivity contribution in [3.8, 4) is 0 Å². The topological polar surface area (TPSA) is 32.3 Å². The average Bonchev–Trinajstić information content (AvgIpc) is 2.84. The molecule has 2 N–H and O–H groups in total. The highest BCUT2D eigenvalue weighted by Gasteiger charge is 2.11. The summed E-state index contributed by atoms with van der Waals surface area (Å²) in [4.78, 5) is 1.05. The van der Waals surface area contributed by atoms with Crippen LogP contribution in [-0.2, 0) is 0 Å². The van der Waals surface area contributed by atoms with Crippen molar-refractivity contribution in [1.82, 2.24) is 5.32 Å². The van der Waals surface area contributed by atoms with Crippen molar-refractivity contribution >= 4 is 11.3 Å². The summed E-state index contributed by atoms with van der Waals surface area (Å²) in [7, 11) is 0. The Kier molecular flexibility index (Phi) is 4.57. The zero-order valence-electron chi connectivity index (χ0n) is 9.43. The van der Waals surface area contributed by atoms with Crippen LogP contribution in [0.4, 0.5) is 0 Å². The molecule has 1 aromatic heterocycles. The van der Waals surface area contributed by atoms with Crippen LogP contribution < -0.4 is 5.32 Å². The molecule has 0 fully saturated rings. The normalized spacial score (nSPS) is 22.2. The predicted molar refractivity (Wildman–Crippen MR) is 68.6 cm³/mol. The molecule has 0 amide bonds. The second kappa shape index (κ2) is 6.18. The zero-order valence-corrected chi connectivity index (χ0v) is 10.2. The second-order valence-corrected chi connectivity index (χ2v) is 5.32. The van der Waals surface area contributed by atoms with Gasteiger partial charge >= 0.3 is 0 Å². The lowest BCUT2D eigenvalue weighted by Crippen LogP contribution is -2.27. The first-order valence-electron chi connectivity index (χ1n) is 5.93. The van der Waals surface area contributed by atoms with Crippen molar-refractivity contribution in [1.29, 1.82) is 0 Å². The van der Waals surface area contributed by atoms with E-state index >= 15 is 0 Å². The minimum absolute atomic E-state index is 0.348. The quantitative estimate of drug-likeness (QED) is 0.772. The maximum absolute atomic E-state index is 9.87. The maximum atomic E-state index is 9.87. The third-order valence-corrected chi connectivity index (χ3v) is 3.99. The van der Waals surface area contributed by atoms with Gasteiger partial charge in [0.05, 0.1) is 0 Å². The van der Waals surface area contributed by atoms with E-state index in [9.17, 15) is 5.11 Å². The minimum Gasteiger partial charge on any atom is -0.386 e. The summed E-state index contributed by atoms with van der Waals surface area (Å²) in [6.45, 7) is 1.69. The van der Waals surface area contributed by atoms with Crippen molar-refractivity contribution in [3.05, 3.63) is 34.5 Å². The SMILES string of the molecule is OC(CNCC1CC=CCC1)c1cccs1. The average molecular weight is 237 g/mol. The molecule has 1 aliphatic carbocycles. The Morgan fingerprint density at radius 2 is 2.44 bits per heavy atom. The largest absolute Gasteiger partial charge is 0.386 e. The number of aliphatic hydroxyl groups is 1. The Balaban J connectivity index is 1.66. The van der Waals surface area contributed by atoms with Crippen LogP contribution in [0.3, 0.4) is 0 Å². The number of nitrogens with one attached hydrogen (secondary N) is 1. The molecule has 88 valence electrons. The van der Waals surface area contributed by atoms with E-state index in [2.05, 4.69) is 17.5 Å². The van der Waals surface area contributed by atoms with Gasteiger partial charge < -0.3 is 10.4 Å². The van der Waals surface area contributed by atoms with E-state index in [1.807, 2.05) is 17.5 Å². The maximum Gasteiger partial charge on any atom is 0.101 e. The molecule has 2 nitrogen and oxygen atoms in total. The van der Waals surface area contributed by atoms with E-state index in [0.29, 0.717) is 6.54 Å². The third kappa shape index (κ3) is 3.44. The van der Waals surface area contributed by atoms with Crippen LogP contribution in [0.25, 0.3) is 0 Å². The molecule has 1 heterocycles. The van der Waals surface area contributed by atoms with Crippen molar-refractivity contribution in [2.45, 2.75) is 25.4 Å². The highest BCUT2D eigenvalue weighted by atomic mass is 32.1. The van der Waals surface area contributed by atoms with Gasteiger partial charge in [-0.1, -0.05) is 18.2 Å². The van der Waals surface area contributed by atoms with Gasteiger partial charge in [0.1, 0.15) is 6.10 Å². The van der Waals surface area contributed by atoms with Crippen LogP contribution >= 0.6 is 11.3 Å². The number of hydrogen-bond acceptors (Lipinski definition) is 3. The molecule has 16 heavy (non-hydrogen) atoms. The smallest absolute Gasteiger partial charge is 0.101 e. The minimum atomic E-state index is -0.348. The number of rotatable bonds is 5. The molecule has 0 aliphatic heterocycles. The second-order valence-electron chi connectivity index (χ2n) is 4.34. The van der Waals surface area contributed by atoms with Gasteiger partial charge in [0, 0.05) is 11.4 Å². The molecular formula is C13H19NOS. The Morgan fingerprint density at radius 1 is 1.50 bits per heavy atom. The fourth-order valence-electron chi connectivity index (χ4n) is 2.05. The summed E-state index contributed by atoms with van der Waals surface area (Å²) in [6, 6.07) is 3.97. The highest BCUT2D eigenvalue weighted by molar-refractivity contribution is 7.10. The fraction of sp³-hybridized carbons (Fsp3) is 0.538. The molecule has 0 bridgehead atoms. The van der Waals surface area contributed by atoms with Crippen molar-refractivity contribution in [3.63, 3.8) is 0 Å². The third-order valence-electron chi connectivity index (χ3n) is 3.02. The van der Waals surface area contributed by atoms with E-state index in [1.54, 1.807) is 11.3 Å². The van der Waals surface area contributed by atoms with Gasteiger partial charge in [0.25, 0.3) is 0 Å². The summed E-state index contributed by atoms with van der Waals surface area (Å²) in [5.41, 5.74) is 0. The number of aliphatic hydroxyl groups excluding tert-OH is 1. The summed E-state index contributed by atoms with van der Waals surface area (Å²) in [5, 5.41) is 15.2. The molecule has 2 rings (SSSR count). The number of allylic oxidation sites excluding steroid dienone is 2. The molecule has 1 aromatic rings. The van der Waals surface area contributed by atoms with Gasteiger partial charge in [-0.2, -0.15) is 0 Å². The fourth-order valence-corrected chi connectivity index (χ4v) is 2.76. The van der Waals surface area contributed by atoms with E-state index < -0.39 is 0 Å². The molecule has 1 aliphatic rings. The molecule has 0 radical (unpaired) electrons. The van der Waals surface area contributed by atoms with E-state index in [-0.39, 0.29) is 6.10 Å². The molecule has 0 saturated carbocycles. The lowest BCUT2D eigenvalue weighted by atomic mass is 9.94. The summed E-state index contributed by atoms with van der Waals surface area (Å²) in [6.07, 6.45) is 7.85. The zero-order chi connectivity index (χ0) is 11.2. The van der Waals surface area contributed by atoms with Crippen LogP contribution in [-0.4, -0.2) is 18.2 Å². The standard InChI is InChI=1S/C13H19NOS/c15-12(13-7-4-8-16-13)10-14-9-11-5-2-1-3-6-11/h1-2,4,7-8,11-12,14-15H,3,5-6,9-10H2. The number of hydrogen-bond donors (Lipinski definition) is 2. The first kappa shape index (κ1) is 11.8. The Bertz CT molecular complexity index is 321. The van der Waals surface area contributed by atoms with Gasteiger partial charge in [0.2, 0.25) is 0 Å². The Labute approximate surface area is 101 Å². The first-order chi connectivity index (χ1) is 7.86. The Morgan fingerprint density at radius 3 is 3.12 bits per heavy atom. The first-order valence-corrected chi connectivity index (χ1v) is 6.81. The summed E-state index contributed by atoms with van der Waals surface area (Å²) in [5.74, 6) is 0.750. The van der Waals surface area contributed by atoms with Crippen LogP contribution in [0.2, 0.25) is 0 Å². The molecule has 0 saturated heterocycles. The lowest BCUT2D eigenvalue weighted by Gasteiger charge is -2.19. The molecule has 3 heteroatoms. The van der Waals surface area contributed by atoms with Gasteiger partial charge in [-0.25, -0.2) is 0 Å². The molecular weight excluding hydrogens is 218 g/mol. The lowest BCUT2D eigenvalue weighted by molar-refractivity contribution is 0.176. The van der Waals surface area contributed by atoms with Crippen molar-refractivity contribution < 1.29 is 5.11 Å². The van der Waals surface area contributed by atoms with Gasteiger partial charge in [-0.15, -0.1) is 11.3 Å². The van der Waals surface area contributed by atoms with Crippen LogP contribution in [0.1, 0.15) is 30.2 Å². The molecule has 0 aromatic carbocycles. The van der Waals surface area contributed by atoms with E-state index in [4.69, 9.17) is 0 Å². The predicted octanol–water partition coefficient (Wildman–Crippen LogP) is 2.73. The van der Waals surface area contributed by atoms with Crippen LogP contribution in [0, 0.1) is 5.92 Å². The number of thiophene rings is 1. The van der Waals surface area contributed by atoms with Crippen LogP contribution in [0.5, 0.6) is 0 Å². The van der Waals surface area contributed by atoms with Crippen molar-refractivity contribution in [2.75, 3.05) is 13.1 Å². The van der Waals surface area contributed by atoms with E-state index in [1.165, 1.54) is 19.3 Å². The van der Waals surface area contributed by atoms with Gasteiger partial charge in [-0.3, -0.25) is 0 Å². The summed E-state index contributed by atoms with van der Waals surface area (Å²) >= 11 is 1.62. The molecule has 0 spiro atoms. The molecule has 2 unspecified atom stereocenters. The summed E-state index contributed by atoms with van der Waals surface area (Å²) < 4.78 is 0. The monoisotopic (exact) mass is 237 g/mol. The highest BCUT2D eigenvalue weighted by Crippen LogP contribution is 2.19. The van der Waals surface area contributed by atoms with E-state index in [0.717, 1.165) is 17.3 Å².